The average Bonchev–Trinajstić information content (AvgIpc) is 2.79. The van der Waals surface area contributed by atoms with Gasteiger partial charge in [0.15, 0.2) is 0 Å². The molecule has 5 nitrogen and oxygen atoms in total. The summed E-state index contributed by atoms with van der Waals surface area (Å²) in [5.41, 5.74) is 2.14. The number of aliphatic hydroxyl groups is 1. The molecule has 1 N–H and O–H groups in total. The molecular weight excluding hydrogens is 254 g/mol. The second-order valence-electron chi connectivity index (χ2n) is 5.87. The summed E-state index contributed by atoms with van der Waals surface area (Å²) in [6.07, 6.45) is 0.938. The first-order valence-electron chi connectivity index (χ1n) is 7.56. The van der Waals surface area contributed by atoms with Crippen LogP contribution in [0, 0.1) is 0 Å². The van der Waals surface area contributed by atoms with Crippen molar-refractivity contribution in [3.05, 3.63) is 17.5 Å². The maximum atomic E-state index is 10.4. The van der Waals surface area contributed by atoms with Gasteiger partial charge in [0.05, 0.1) is 24.5 Å². The zero-order valence-corrected chi connectivity index (χ0v) is 13.0. The summed E-state index contributed by atoms with van der Waals surface area (Å²) in [6, 6.07) is 2.57. The Bertz CT molecular complexity index is 431. The van der Waals surface area contributed by atoms with E-state index in [1.54, 1.807) is 0 Å². The molecule has 20 heavy (non-hydrogen) atoms. The van der Waals surface area contributed by atoms with Crippen LogP contribution in [0.2, 0.25) is 0 Å². The number of rotatable bonds is 5. The van der Waals surface area contributed by atoms with E-state index < -0.39 is 6.10 Å². The molecule has 0 aliphatic carbocycles. The minimum atomic E-state index is -0.475. The van der Waals surface area contributed by atoms with Crippen molar-refractivity contribution in [3.63, 3.8) is 0 Å². The molecule has 2 rings (SSSR count). The zero-order valence-electron chi connectivity index (χ0n) is 13.0. The van der Waals surface area contributed by atoms with Crippen molar-refractivity contribution in [3.8, 4) is 0 Å². The highest BCUT2D eigenvalue weighted by Crippen LogP contribution is 2.15. The van der Waals surface area contributed by atoms with Crippen LogP contribution in [0.25, 0.3) is 0 Å². The lowest BCUT2D eigenvalue weighted by Crippen LogP contribution is -2.50. The predicted molar refractivity (Wildman–Crippen MR) is 78.7 cm³/mol. The molecule has 5 heteroatoms. The lowest BCUT2D eigenvalue weighted by Gasteiger charge is -2.37. The molecule has 2 atom stereocenters. The minimum absolute atomic E-state index is 0.105. The third kappa shape index (κ3) is 3.59. The van der Waals surface area contributed by atoms with Gasteiger partial charge in [0.25, 0.3) is 0 Å². The zero-order chi connectivity index (χ0) is 14.7. The van der Waals surface area contributed by atoms with Crippen molar-refractivity contribution in [2.45, 2.75) is 51.9 Å². The van der Waals surface area contributed by atoms with E-state index in [9.17, 15) is 5.11 Å². The Hall–Kier alpha value is -0.910. The lowest BCUT2D eigenvalue weighted by atomic mass is 10.1. The molecule has 1 aromatic heterocycles. The summed E-state index contributed by atoms with van der Waals surface area (Å²) >= 11 is 0. The number of aryl methyl sites for hydroxylation is 2. The summed E-state index contributed by atoms with van der Waals surface area (Å²) in [5.74, 6) is 0. The SMILES string of the molecule is CCc1cc(CC(O)C2CN(C(C)C)CCO2)n(C)n1. The molecule has 2 unspecified atom stereocenters. The van der Waals surface area contributed by atoms with Gasteiger partial charge in [-0.25, -0.2) is 0 Å². The highest BCUT2D eigenvalue weighted by Gasteiger charge is 2.28. The third-order valence-electron chi connectivity index (χ3n) is 4.09. The van der Waals surface area contributed by atoms with Crippen LogP contribution in [-0.2, 0) is 24.6 Å². The van der Waals surface area contributed by atoms with Crippen LogP contribution in [-0.4, -0.2) is 57.7 Å². The van der Waals surface area contributed by atoms with E-state index in [1.165, 1.54) is 0 Å². The first-order chi connectivity index (χ1) is 9.51. The normalized spacial score (nSPS) is 22.4. The lowest BCUT2D eigenvalue weighted by molar-refractivity contribution is -0.0944. The van der Waals surface area contributed by atoms with Gasteiger partial charge < -0.3 is 9.84 Å². The fourth-order valence-corrected chi connectivity index (χ4v) is 2.68. The Kier molecular flexibility index (Phi) is 5.18. The van der Waals surface area contributed by atoms with Crippen LogP contribution in [0.1, 0.15) is 32.2 Å². The van der Waals surface area contributed by atoms with Gasteiger partial charge in [0.2, 0.25) is 0 Å². The Morgan fingerprint density at radius 2 is 2.25 bits per heavy atom. The highest BCUT2D eigenvalue weighted by molar-refractivity contribution is 5.11. The predicted octanol–water partition coefficient (Wildman–Crippen LogP) is 0.995. The summed E-state index contributed by atoms with van der Waals surface area (Å²) in [6.45, 7) is 8.91. The van der Waals surface area contributed by atoms with Crippen LogP contribution >= 0.6 is 0 Å². The molecule has 1 fully saturated rings. The summed E-state index contributed by atoms with van der Waals surface area (Å²) in [5, 5.41) is 14.9. The van der Waals surface area contributed by atoms with Crippen molar-refractivity contribution >= 4 is 0 Å². The average molecular weight is 281 g/mol. The largest absolute Gasteiger partial charge is 0.390 e. The number of hydrogen-bond donors (Lipinski definition) is 1. The number of nitrogens with zero attached hydrogens (tertiary/aromatic N) is 3. The molecule has 0 spiro atoms. The molecule has 0 bridgehead atoms. The van der Waals surface area contributed by atoms with Crippen LogP contribution < -0.4 is 0 Å². The number of hydrogen-bond acceptors (Lipinski definition) is 4. The van der Waals surface area contributed by atoms with Gasteiger partial charge in [-0.2, -0.15) is 5.10 Å². The Balaban J connectivity index is 1.96. The standard InChI is InChI=1S/C15H27N3O2/c1-5-12-8-13(17(4)16-12)9-14(19)15-10-18(11(2)3)6-7-20-15/h8,11,14-15,19H,5-7,9-10H2,1-4H3. The third-order valence-corrected chi connectivity index (χ3v) is 4.09. The molecule has 114 valence electrons. The summed E-state index contributed by atoms with van der Waals surface area (Å²) in [7, 11) is 1.93. The monoisotopic (exact) mass is 281 g/mol. The number of aliphatic hydroxyl groups excluding tert-OH is 1. The number of aromatic nitrogens is 2. The second-order valence-corrected chi connectivity index (χ2v) is 5.87. The van der Waals surface area contributed by atoms with Gasteiger partial charge >= 0.3 is 0 Å². The smallest absolute Gasteiger partial charge is 0.0964 e. The van der Waals surface area contributed by atoms with Gasteiger partial charge in [0.1, 0.15) is 0 Å². The van der Waals surface area contributed by atoms with Crippen LogP contribution in [0.4, 0.5) is 0 Å². The first-order valence-corrected chi connectivity index (χ1v) is 7.56. The summed E-state index contributed by atoms with van der Waals surface area (Å²) in [4.78, 5) is 2.36. The molecule has 0 amide bonds. The van der Waals surface area contributed by atoms with Gasteiger partial charge in [-0.05, 0) is 26.3 Å². The van der Waals surface area contributed by atoms with E-state index in [0.29, 0.717) is 19.1 Å². The fraction of sp³-hybridized carbons (Fsp3) is 0.800. The molecule has 0 radical (unpaired) electrons. The molecule has 1 aliphatic heterocycles. The van der Waals surface area contributed by atoms with E-state index in [4.69, 9.17) is 4.74 Å². The van der Waals surface area contributed by atoms with Crippen molar-refractivity contribution in [2.24, 2.45) is 7.05 Å². The topological polar surface area (TPSA) is 50.5 Å². The molecule has 1 aromatic rings. The molecule has 2 heterocycles. The Morgan fingerprint density at radius 3 is 2.85 bits per heavy atom. The van der Waals surface area contributed by atoms with Gasteiger partial charge in [-0.3, -0.25) is 9.58 Å². The van der Waals surface area contributed by atoms with Crippen molar-refractivity contribution in [2.75, 3.05) is 19.7 Å². The van der Waals surface area contributed by atoms with Crippen LogP contribution in [0.15, 0.2) is 6.07 Å². The molecule has 0 aromatic carbocycles. The molecular formula is C15H27N3O2. The van der Waals surface area contributed by atoms with Crippen LogP contribution in [0.5, 0.6) is 0 Å². The van der Waals surface area contributed by atoms with Gasteiger partial charge in [-0.15, -0.1) is 0 Å². The van der Waals surface area contributed by atoms with E-state index in [-0.39, 0.29) is 6.10 Å². The van der Waals surface area contributed by atoms with Gasteiger partial charge in [-0.1, -0.05) is 6.92 Å². The molecule has 1 saturated heterocycles. The first kappa shape index (κ1) is 15.5. The Labute approximate surface area is 121 Å². The second kappa shape index (κ2) is 6.70. The van der Waals surface area contributed by atoms with Crippen molar-refractivity contribution in [1.29, 1.82) is 0 Å². The molecule has 1 aliphatic rings. The minimum Gasteiger partial charge on any atom is -0.390 e. The van der Waals surface area contributed by atoms with Crippen molar-refractivity contribution in [1.82, 2.24) is 14.7 Å². The maximum Gasteiger partial charge on any atom is 0.0964 e. The van der Waals surface area contributed by atoms with E-state index in [0.717, 1.165) is 30.9 Å². The highest BCUT2D eigenvalue weighted by atomic mass is 16.5. The van der Waals surface area contributed by atoms with E-state index >= 15 is 0 Å². The maximum absolute atomic E-state index is 10.4. The fourth-order valence-electron chi connectivity index (χ4n) is 2.68. The molecule has 0 saturated carbocycles. The van der Waals surface area contributed by atoms with Crippen LogP contribution in [0.3, 0.4) is 0 Å². The number of ether oxygens (including phenoxy) is 1. The quantitative estimate of drug-likeness (QED) is 0.874. The van der Waals surface area contributed by atoms with Gasteiger partial charge in [0, 0.05) is 38.3 Å². The van der Waals surface area contributed by atoms with Crippen molar-refractivity contribution < 1.29 is 9.84 Å². The van der Waals surface area contributed by atoms with E-state index in [1.807, 2.05) is 11.7 Å². The van der Waals surface area contributed by atoms with E-state index in [2.05, 4.69) is 36.8 Å². The Morgan fingerprint density at radius 1 is 1.50 bits per heavy atom. The number of morpholine rings is 1. The summed E-state index contributed by atoms with van der Waals surface area (Å²) < 4.78 is 7.61.